The van der Waals surface area contributed by atoms with Crippen LogP contribution in [0.15, 0.2) is 42.5 Å². The summed E-state index contributed by atoms with van der Waals surface area (Å²) in [6.07, 6.45) is -0.764. The molecule has 0 saturated heterocycles. The lowest BCUT2D eigenvalue weighted by Crippen LogP contribution is -2.30. The number of halogens is 2. The number of hydrogen-bond acceptors (Lipinski definition) is 2. The minimum absolute atomic E-state index is 0.179. The molecule has 21 heavy (non-hydrogen) atoms. The summed E-state index contributed by atoms with van der Waals surface area (Å²) in [7, 11) is 0. The number of aryl methyl sites for hydroxylation is 1. The number of carbonyl (C=O) groups excluding carboxylic acids is 1. The number of benzene rings is 2. The van der Waals surface area contributed by atoms with Gasteiger partial charge in [-0.3, -0.25) is 4.79 Å². The lowest BCUT2D eigenvalue weighted by molar-refractivity contribution is -0.122. The number of hydrogen-bond donors (Lipinski definition) is 1. The van der Waals surface area contributed by atoms with Crippen LogP contribution < -0.4 is 10.1 Å². The van der Waals surface area contributed by atoms with E-state index in [0.29, 0.717) is 5.75 Å². The highest BCUT2D eigenvalue weighted by atomic mass is 19.2. The molecule has 0 spiro atoms. The van der Waals surface area contributed by atoms with Crippen LogP contribution in [-0.2, 0) is 4.79 Å². The smallest absolute Gasteiger partial charge is 0.265 e. The topological polar surface area (TPSA) is 38.3 Å². The van der Waals surface area contributed by atoms with Crippen LogP contribution >= 0.6 is 0 Å². The standard InChI is InChI=1S/C16H15F2NO2/c1-10-4-3-5-13(8-10)21-11(2)16(20)19-12-6-7-14(17)15(18)9-12/h3-9,11H,1-2H3,(H,19,20). The van der Waals surface area contributed by atoms with Crippen molar-refractivity contribution in [3.63, 3.8) is 0 Å². The third-order valence-electron chi connectivity index (χ3n) is 2.86. The molecule has 1 N–H and O–H groups in total. The lowest BCUT2D eigenvalue weighted by Gasteiger charge is -2.15. The van der Waals surface area contributed by atoms with Gasteiger partial charge >= 0.3 is 0 Å². The number of rotatable bonds is 4. The Bertz CT molecular complexity index is 658. The number of nitrogens with one attached hydrogen (secondary N) is 1. The minimum atomic E-state index is -1.01. The molecular formula is C16H15F2NO2. The molecule has 0 aliphatic rings. The molecule has 2 rings (SSSR count). The first-order valence-electron chi connectivity index (χ1n) is 6.45. The van der Waals surface area contributed by atoms with Gasteiger partial charge in [0.05, 0.1) is 0 Å². The Labute approximate surface area is 121 Å². The van der Waals surface area contributed by atoms with Gasteiger partial charge in [0.2, 0.25) is 0 Å². The van der Waals surface area contributed by atoms with Crippen LogP contribution in [0.2, 0.25) is 0 Å². The Morgan fingerprint density at radius 2 is 1.90 bits per heavy atom. The Morgan fingerprint density at radius 3 is 2.57 bits per heavy atom. The van der Waals surface area contributed by atoms with E-state index in [1.807, 2.05) is 19.1 Å². The highest BCUT2D eigenvalue weighted by Crippen LogP contribution is 2.16. The van der Waals surface area contributed by atoms with Crippen LogP contribution in [0.25, 0.3) is 0 Å². The maximum Gasteiger partial charge on any atom is 0.265 e. The number of ether oxygens (including phenoxy) is 1. The number of amides is 1. The third-order valence-corrected chi connectivity index (χ3v) is 2.86. The van der Waals surface area contributed by atoms with Crippen molar-refractivity contribution in [3.8, 4) is 5.75 Å². The molecule has 1 amide bonds. The Hall–Kier alpha value is -2.43. The highest BCUT2D eigenvalue weighted by molar-refractivity contribution is 5.94. The summed E-state index contributed by atoms with van der Waals surface area (Å²) in [5.41, 5.74) is 1.19. The van der Waals surface area contributed by atoms with Crippen molar-refractivity contribution in [1.82, 2.24) is 0 Å². The van der Waals surface area contributed by atoms with Gasteiger partial charge in [-0.1, -0.05) is 12.1 Å². The van der Waals surface area contributed by atoms with E-state index in [9.17, 15) is 13.6 Å². The second-order valence-corrected chi connectivity index (χ2v) is 4.69. The average molecular weight is 291 g/mol. The molecule has 0 aliphatic heterocycles. The van der Waals surface area contributed by atoms with Crippen molar-refractivity contribution in [2.45, 2.75) is 20.0 Å². The van der Waals surface area contributed by atoms with Crippen molar-refractivity contribution in [2.75, 3.05) is 5.32 Å². The molecule has 0 radical (unpaired) electrons. The first-order valence-corrected chi connectivity index (χ1v) is 6.45. The predicted octanol–water partition coefficient (Wildman–Crippen LogP) is 3.68. The molecule has 1 atom stereocenters. The van der Waals surface area contributed by atoms with Gasteiger partial charge in [-0.15, -0.1) is 0 Å². The fourth-order valence-electron chi connectivity index (χ4n) is 1.76. The number of carbonyl (C=O) groups is 1. The van der Waals surface area contributed by atoms with E-state index in [4.69, 9.17) is 4.74 Å². The molecule has 0 aliphatic carbocycles. The van der Waals surface area contributed by atoms with Gasteiger partial charge in [0.15, 0.2) is 17.7 Å². The quantitative estimate of drug-likeness (QED) is 0.933. The van der Waals surface area contributed by atoms with Gasteiger partial charge in [0, 0.05) is 11.8 Å². The second kappa shape index (κ2) is 6.35. The minimum Gasteiger partial charge on any atom is -0.481 e. The molecule has 1 unspecified atom stereocenters. The zero-order valence-corrected chi connectivity index (χ0v) is 11.7. The van der Waals surface area contributed by atoms with E-state index >= 15 is 0 Å². The first kappa shape index (κ1) is 15.0. The van der Waals surface area contributed by atoms with E-state index in [2.05, 4.69) is 5.32 Å². The molecule has 3 nitrogen and oxygen atoms in total. The summed E-state index contributed by atoms with van der Waals surface area (Å²) in [5.74, 6) is -1.84. The van der Waals surface area contributed by atoms with Crippen molar-refractivity contribution < 1.29 is 18.3 Å². The van der Waals surface area contributed by atoms with Gasteiger partial charge in [0.25, 0.3) is 5.91 Å². The van der Waals surface area contributed by atoms with Crippen LogP contribution in [0.4, 0.5) is 14.5 Å². The zero-order chi connectivity index (χ0) is 15.4. The zero-order valence-electron chi connectivity index (χ0n) is 11.7. The molecule has 2 aromatic rings. The van der Waals surface area contributed by atoms with Crippen LogP contribution in [0.5, 0.6) is 5.75 Å². The molecule has 0 fully saturated rings. The molecule has 0 saturated carbocycles. The summed E-state index contributed by atoms with van der Waals surface area (Å²) >= 11 is 0. The van der Waals surface area contributed by atoms with Crippen LogP contribution in [0.1, 0.15) is 12.5 Å². The molecule has 5 heteroatoms. The average Bonchev–Trinajstić information content (AvgIpc) is 2.43. The summed E-state index contributed by atoms with van der Waals surface area (Å²) < 4.78 is 31.4. The van der Waals surface area contributed by atoms with E-state index < -0.39 is 23.6 Å². The van der Waals surface area contributed by atoms with E-state index in [0.717, 1.165) is 17.7 Å². The first-order chi connectivity index (χ1) is 9.95. The molecule has 0 bridgehead atoms. The molecule has 110 valence electrons. The summed E-state index contributed by atoms with van der Waals surface area (Å²) in [6, 6.07) is 10.5. The predicted molar refractivity (Wildman–Crippen MR) is 76.3 cm³/mol. The largest absolute Gasteiger partial charge is 0.481 e. The van der Waals surface area contributed by atoms with Gasteiger partial charge in [-0.2, -0.15) is 0 Å². The summed E-state index contributed by atoms with van der Waals surface area (Å²) in [5, 5.41) is 2.47. The second-order valence-electron chi connectivity index (χ2n) is 4.69. The van der Waals surface area contributed by atoms with Gasteiger partial charge in [0.1, 0.15) is 5.75 Å². The lowest BCUT2D eigenvalue weighted by atomic mass is 10.2. The van der Waals surface area contributed by atoms with Crippen molar-refractivity contribution in [3.05, 3.63) is 59.7 Å². The molecule has 2 aromatic carbocycles. The molecule has 0 heterocycles. The van der Waals surface area contributed by atoms with Crippen molar-refractivity contribution in [2.24, 2.45) is 0 Å². The van der Waals surface area contributed by atoms with E-state index in [1.165, 1.54) is 6.07 Å². The number of anilines is 1. The van der Waals surface area contributed by atoms with Gasteiger partial charge in [-0.05, 0) is 43.7 Å². The van der Waals surface area contributed by atoms with E-state index in [-0.39, 0.29) is 5.69 Å². The Balaban J connectivity index is 2.00. The Kier molecular flexibility index (Phi) is 4.52. The SMILES string of the molecule is Cc1cccc(OC(C)C(=O)Nc2ccc(F)c(F)c2)c1. The monoisotopic (exact) mass is 291 g/mol. The third kappa shape index (κ3) is 4.02. The van der Waals surface area contributed by atoms with Crippen LogP contribution in [-0.4, -0.2) is 12.0 Å². The van der Waals surface area contributed by atoms with Gasteiger partial charge in [-0.25, -0.2) is 8.78 Å². The van der Waals surface area contributed by atoms with Crippen molar-refractivity contribution in [1.29, 1.82) is 0 Å². The molecular weight excluding hydrogens is 276 g/mol. The highest BCUT2D eigenvalue weighted by Gasteiger charge is 2.15. The molecule has 0 aromatic heterocycles. The fraction of sp³-hybridized carbons (Fsp3) is 0.188. The van der Waals surface area contributed by atoms with Gasteiger partial charge < -0.3 is 10.1 Å². The van der Waals surface area contributed by atoms with E-state index in [1.54, 1.807) is 19.1 Å². The fourth-order valence-corrected chi connectivity index (χ4v) is 1.76. The van der Waals surface area contributed by atoms with Crippen LogP contribution in [0, 0.1) is 18.6 Å². The Morgan fingerprint density at radius 1 is 1.14 bits per heavy atom. The maximum absolute atomic E-state index is 13.1. The summed E-state index contributed by atoms with van der Waals surface area (Å²) in [4.78, 5) is 11.9. The normalized spacial score (nSPS) is 11.8. The maximum atomic E-state index is 13.1. The van der Waals surface area contributed by atoms with Crippen molar-refractivity contribution >= 4 is 11.6 Å². The summed E-state index contributed by atoms with van der Waals surface area (Å²) in [6.45, 7) is 3.50. The van der Waals surface area contributed by atoms with Crippen LogP contribution in [0.3, 0.4) is 0 Å².